The highest BCUT2D eigenvalue weighted by atomic mass is 32.2. The third kappa shape index (κ3) is 3.90. The molecule has 1 aliphatic carbocycles. The molecule has 0 heterocycles. The van der Waals surface area contributed by atoms with Gasteiger partial charge in [-0.25, -0.2) is 4.99 Å². The number of aliphatic imine (C=N–C) groups is 1. The van der Waals surface area contributed by atoms with E-state index in [4.69, 9.17) is 0 Å². The molecular weight excluding hydrogens is 308 g/mol. The Morgan fingerprint density at radius 1 is 0.652 bits per heavy atom. The summed E-state index contributed by atoms with van der Waals surface area (Å²) in [5.41, 5.74) is 1.96. The van der Waals surface area contributed by atoms with Crippen LogP contribution in [-0.2, 0) is 10.0 Å². The first-order chi connectivity index (χ1) is 11.1. The van der Waals surface area contributed by atoms with Crippen molar-refractivity contribution < 1.29 is 8.42 Å². The second-order valence-electron chi connectivity index (χ2n) is 4.84. The Morgan fingerprint density at radius 3 is 1.78 bits per heavy atom. The molecule has 1 aliphatic rings. The quantitative estimate of drug-likeness (QED) is 0.809. The van der Waals surface area contributed by atoms with Crippen LogP contribution in [0, 0.1) is 0 Å². The van der Waals surface area contributed by atoms with Gasteiger partial charge in [0.2, 0.25) is 0 Å². The van der Waals surface area contributed by atoms with Gasteiger partial charge in [-0.2, -0.15) is 12.8 Å². The first-order valence-corrected chi connectivity index (χ1v) is 8.47. The molecule has 2 aromatic carbocycles. The van der Waals surface area contributed by atoms with Gasteiger partial charge >= 0.3 is 0 Å². The molecule has 0 aromatic heterocycles. The van der Waals surface area contributed by atoms with Crippen LogP contribution in [0.3, 0.4) is 0 Å². The SMILES string of the molecule is O=S(=O)(N=C1C=CC(=Nc2ccccc2)C=C1)c1ccccc1. The molecule has 0 N–H and O–H groups in total. The molecule has 0 saturated carbocycles. The average molecular weight is 322 g/mol. The molecule has 5 heteroatoms. The van der Waals surface area contributed by atoms with Crippen LogP contribution in [0.25, 0.3) is 0 Å². The van der Waals surface area contributed by atoms with Crippen LogP contribution in [-0.4, -0.2) is 19.8 Å². The van der Waals surface area contributed by atoms with Crippen molar-refractivity contribution in [2.45, 2.75) is 4.90 Å². The molecule has 0 aliphatic heterocycles. The van der Waals surface area contributed by atoms with Crippen molar-refractivity contribution in [2.75, 3.05) is 0 Å². The summed E-state index contributed by atoms with van der Waals surface area (Å²) >= 11 is 0. The van der Waals surface area contributed by atoms with Crippen LogP contribution >= 0.6 is 0 Å². The van der Waals surface area contributed by atoms with Gasteiger partial charge in [0, 0.05) is 0 Å². The summed E-state index contributed by atoms with van der Waals surface area (Å²) in [6.07, 6.45) is 6.77. The van der Waals surface area contributed by atoms with E-state index in [2.05, 4.69) is 9.39 Å². The van der Waals surface area contributed by atoms with E-state index < -0.39 is 10.0 Å². The second-order valence-corrected chi connectivity index (χ2v) is 6.45. The molecule has 0 radical (unpaired) electrons. The molecule has 114 valence electrons. The minimum atomic E-state index is -3.69. The summed E-state index contributed by atoms with van der Waals surface area (Å²) in [4.78, 5) is 4.62. The van der Waals surface area contributed by atoms with Gasteiger partial charge in [-0.05, 0) is 48.6 Å². The zero-order valence-electron chi connectivity index (χ0n) is 12.2. The number of nitrogens with zero attached hydrogens (tertiary/aromatic N) is 2. The van der Waals surface area contributed by atoms with E-state index in [0.29, 0.717) is 5.71 Å². The Kier molecular flexibility index (Phi) is 4.30. The van der Waals surface area contributed by atoms with Crippen LogP contribution in [0.5, 0.6) is 0 Å². The van der Waals surface area contributed by atoms with Gasteiger partial charge < -0.3 is 0 Å². The van der Waals surface area contributed by atoms with Crippen molar-refractivity contribution in [1.29, 1.82) is 0 Å². The smallest absolute Gasteiger partial charge is 0.249 e. The molecule has 0 atom stereocenters. The Labute approximate surface area is 135 Å². The predicted molar refractivity (Wildman–Crippen MR) is 92.9 cm³/mol. The van der Waals surface area contributed by atoms with Crippen LogP contribution < -0.4 is 0 Å². The molecule has 0 bridgehead atoms. The maximum Gasteiger partial charge on any atom is 0.282 e. The topological polar surface area (TPSA) is 58.9 Å². The highest BCUT2D eigenvalue weighted by molar-refractivity contribution is 7.90. The second kappa shape index (κ2) is 6.54. The normalized spacial score (nSPS) is 13.9. The van der Waals surface area contributed by atoms with Crippen LogP contribution in [0.1, 0.15) is 0 Å². The first-order valence-electron chi connectivity index (χ1n) is 7.03. The molecule has 4 nitrogen and oxygen atoms in total. The van der Waals surface area contributed by atoms with Gasteiger partial charge in [-0.3, -0.25) is 0 Å². The van der Waals surface area contributed by atoms with Crippen molar-refractivity contribution in [2.24, 2.45) is 9.39 Å². The molecular formula is C18H14N2O2S. The number of para-hydroxylation sites is 1. The monoisotopic (exact) mass is 322 g/mol. The highest BCUT2D eigenvalue weighted by Gasteiger charge is 2.12. The minimum Gasteiger partial charge on any atom is -0.249 e. The zero-order chi connectivity index (χ0) is 16.1. The summed E-state index contributed by atoms with van der Waals surface area (Å²) in [7, 11) is -3.69. The van der Waals surface area contributed by atoms with E-state index in [9.17, 15) is 8.42 Å². The number of hydrogen-bond acceptors (Lipinski definition) is 3. The number of allylic oxidation sites excluding steroid dienone is 4. The van der Waals surface area contributed by atoms with Crippen molar-refractivity contribution >= 4 is 27.1 Å². The standard InChI is InChI=1S/C18H14N2O2S/c21-23(22,18-9-5-2-6-10-18)20-17-13-11-16(12-14-17)19-15-7-3-1-4-8-15/h1-14H. The Morgan fingerprint density at radius 2 is 1.17 bits per heavy atom. The first kappa shape index (κ1) is 15.1. The molecule has 0 amide bonds. The fourth-order valence-electron chi connectivity index (χ4n) is 2.02. The third-order valence-corrected chi connectivity index (χ3v) is 4.45. The summed E-state index contributed by atoms with van der Waals surface area (Å²) in [5, 5.41) is 0. The lowest BCUT2D eigenvalue weighted by atomic mass is 10.1. The fourth-order valence-corrected chi connectivity index (χ4v) is 3.03. The lowest BCUT2D eigenvalue weighted by Crippen LogP contribution is -2.04. The van der Waals surface area contributed by atoms with Crippen molar-refractivity contribution in [3.05, 3.63) is 85.0 Å². The lowest BCUT2D eigenvalue weighted by Gasteiger charge is -2.03. The Hall–Kier alpha value is -2.79. The Balaban J connectivity index is 1.82. The van der Waals surface area contributed by atoms with Crippen LogP contribution in [0.15, 0.2) is 99.3 Å². The van der Waals surface area contributed by atoms with Crippen molar-refractivity contribution in [1.82, 2.24) is 0 Å². The maximum atomic E-state index is 12.2. The van der Waals surface area contributed by atoms with Gasteiger partial charge in [-0.1, -0.05) is 36.4 Å². The largest absolute Gasteiger partial charge is 0.282 e. The summed E-state index contributed by atoms with van der Waals surface area (Å²) < 4.78 is 28.2. The summed E-state index contributed by atoms with van der Waals surface area (Å²) in [6, 6.07) is 17.7. The van der Waals surface area contributed by atoms with Gasteiger partial charge in [-0.15, -0.1) is 0 Å². The van der Waals surface area contributed by atoms with Crippen LogP contribution in [0.4, 0.5) is 5.69 Å². The Bertz CT molecular complexity index is 892. The number of sulfonamides is 1. The predicted octanol–water partition coefficient (Wildman–Crippen LogP) is 3.72. The van der Waals surface area contributed by atoms with E-state index in [-0.39, 0.29) is 4.90 Å². The van der Waals surface area contributed by atoms with E-state index >= 15 is 0 Å². The number of rotatable bonds is 3. The van der Waals surface area contributed by atoms with Gasteiger partial charge in [0.1, 0.15) is 0 Å². The van der Waals surface area contributed by atoms with Crippen LogP contribution in [0.2, 0.25) is 0 Å². The zero-order valence-corrected chi connectivity index (χ0v) is 13.0. The molecule has 0 saturated heterocycles. The van der Waals surface area contributed by atoms with Gasteiger partial charge in [0.25, 0.3) is 10.0 Å². The molecule has 0 fully saturated rings. The summed E-state index contributed by atoms with van der Waals surface area (Å²) in [5.74, 6) is 0. The van der Waals surface area contributed by atoms with E-state index in [1.54, 1.807) is 42.5 Å². The lowest BCUT2D eigenvalue weighted by molar-refractivity contribution is 0.598. The van der Waals surface area contributed by atoms with E-state index in [1.807, 2.05) is 30.3 Å². The molecule has 0 unspecified atom stereocenters. The number of hydrogen-bond donors (Lipinski definition) is 0. The van der Waals surface area contributed by atoms with E-state index in [0.717, 1.165) is 11.4 Å². The molecule has 3 rings (SSSR count). The molecule has 23 heavy (non-hydrogen) atoms. The van der Waals surface area contributed by atoms with Crippen molar-refractivity contribution in [3.63, 3.8) is 0 Å². The van der Waals surface area contributed by atoms with Crippen molar-refractivity contribution in [3.8, 4) is 0 Å². The maximum absolute atomic E-state index is 12.2. The fraction of sp³-hybridized carbons (Fsp3) is 0. The summed E-state index contributed by atoms with van der Waals surface area (Å²) in [6.45, 7) is 0. The molecule has 2 aromatic rings. The average Bonchev–Trinajstić information content (AvgIpc) is 2.58. The van der Waals surface area contributed by atoms with E-state index in [1.165, 1.54) is 12.1 Å². The number of benzene rings is 2. The minimum absolute atomic E-state index is 0.179. The van der Waals surface area contributed by atoms with Gasteiger partial charge in [0.15, 0.2) is 0 Å². The third-order valence-electron chi connectivity index (χ3n) is 3.13. The van der Waals surface area contributed by atoms with Gasteiger partial charge in [0.05, 0.1) is 22.0 Å². The highest BCUT2D eigenvalue weighted by Crippen LogP contribution is 2.14. The molecule has 0 spiro atoms.